The Morgan fingerprint density at radius 1 is 0.275 bits per heavy atom. The van der Waals surface area contributed by atoms with Crippen LogP contribution >= 0.6 is 15.6 Å². The van der Waals surface area contributed by atoms with E-state index in [1.807, 2.05) is 12.2 Å². The lowest BCUT2D eigenvalue weighted by molar-refractivity contribution is -0.161. The summed E-state index contributed by atoms with van der Waals surface area (Å²) in [5.41, 5.74) is 0. The third kappa shape index (κ3) is 74.5. The fourth-order valence-electron chi connectivity index (χ4n) is 11.1. The average molecular weight is 1480 g/mol. The number of ether oxygens (including phenoxy) is 4. The van der Waals surface area contributed by atoms with Gasteiger partial charge in [0.25, 0.3) is 0 Å². The van der Waals surface area contributed by atoms with Crippen LogP contribution in [-0.2, 0) is 65.4 Å². The summed E-state index contributed by atoms with van der Waals surface area (Å²) in [6.45, 7) is 4.79. The van der Waals surface area contributed by atoms with Crippen LogP contribution < -0.4 is 0 Å². The van der Waals surface area contributed by atoms with E-state index in [1.165, 1.54) is 141 Å². The number of phosphoric acid groups is 2. The predicted molar refractivity (Wildman–Crippen MR) is 418 cm³/mol. The van der Waals surface area contributed by atoms with Gasteiger partial charge >= 0.3 is 39.5 Å². The third-order valence-electron chi connectivity index (χ3n) is 17.3. The molecule has 0 bridgehead atoms. The number of esters is 4. The first-order chi connectivity index (χ1) is 49.7. The highest BCUT2D eigenvalue weighted by Crippen LogP contribution is 2.45. The number of unbranched alkanes of at least 4 members (excludes halogenated alkanes) is 37. The molecule has 592 valence electrons. The van der Waals surface area contributed by atoms with E-state index >= 15 is 0 Å². The molecule has 0 aromatic rings. The van der Waals surface area contributed by atoms with Crippen LogP contribution in [0.15, 0.2) is 85.1 Å². The highest BCUT2D eigenvalue weighted by Gasteiger charge is 2.30. The van der Waals surface area contributed by atoms with Crippen molar-refractivity contribution < 1.29 is 80.2 Å². The second-order valence-corrected chi connectivity index (χ2v) is 30.3. The molecule has 0 spiro atoms. The molecule has 0 saturated heterocycles. The van der Waals surface area contributed by atoms with E-state index in [4.69, 9.17) is 37.0 Å². The Hall–Kier alpha value is -3.76. The normalized spacial score (nSPS) is 14.3. The van der Waals surface area contributed by atoms with Gasteiger partial charge in [-0.3, -0.25) is 37.3 Å². The summed E-state index contributed by atoms with van der Waals surface area (Å²) >= 11 is 0. The maximum atomic E-state index is 13.1. The van der Waals surface area contributed by atoms with Gasteiger partial charge in [0.15, 0.2) is 12.2 Å². The topological polar surface area (TPSA) is 237 Å². The zero-order valence-electron chi connectivity index (χ0n) is 64.8. The van der Waals surface area contributed by atoms with Gasteiger partial charge in [0, 0.05) is 25.7 Å². The Bertz CT molecular complexity index is 2260. The van der Waals surface area contributed by atoms with Gasteiger partial charge in [-0.2, -0.15) is 0 Å². The van der Waals surface area contributed by atoms with Crippen molar-refractivity contribution in [2.75, 3.05) is 39.6 Å². The van der Waals surface area contributed by atoms with E-state index in [9.17, 15) is 43.2 Å². The molecule has 3 N–H and O–H groups in total. The molecule has 0 aromatic heterocycles. The number of rotatable bonds is 77. The smallest absolute Gasteiger partial charge is 0.462 e. The highest BCUT2D eigenvalue weighted by atomic mass is 31.2. The molecule has 0 aliphatic heterocycles. The van der Waals surface area contributed by atoms with Crippen molar-refractivity contribution in [3.8, 4) is 0 Å². The summed E-state index contributed by atoms with van der Waals surface area (Å²) in [6.07, 6.45) is 78.4. The summed E-state index contributed by atoms with van der Waals surface area (Å²) in [5, 5.41) is 10.6. The van der Waals surface area contributed by atoms with Crippen LogP contribution in [0, 0.1) is 0 Å². The molecular formula is C83H148O17P2. The fraction of sp³-hybridized carbons (Fsp3) is 0.783. The monoisotopic (exact) mass is 1480 g/mol. The first-order valence-electron chi connectivity index (χ1n) is 40.8. The van der Waals surface area contributed by atoms with Crippen molar-refractivity contribution in [1.82, 2.24) is 0 Å². The van der Waals surface area contributed by atoms with E-state index in [0.29, 0.717) is 32.1 Å². The second kappa shape index (κ2) is 75.5. The molecule has 0 rings (SSSR count). The first kappa shape index (κ1) is 98.2. The molecule has 0 amide bonds. The highest BCUT2D eigenvalue weighted by molar-refractivity contribution is 7.47. The summed E-state index contributed by atoms with van der Waals surface area (Å²) in [7, 11) is -9.97. The molecule has 0 radical (unpaired) electrons. The lowest BCUT2D eigenvalue weighted by Crippen LogP contribution is -2.30. The summed E-state index contributed by atoms with van der Waals surface area (Å²) in [6, 6.07) is 0. The van der Waals surface area contributed by atoms with Gasteiger partial charge in [-0.05, 0) is 122 Å². The van der Waals surface area contributed by atoms with Crippen LogP contribution in [0.5, 0.6) is 0 Å². The summed E-state index contributed by atoms with van der Waals surface area (Å²) < 4.78 is 68.6. The standard InChI is InChI=1S/C83H148O17P2/c1-5-9-13-17-21-25-29-33-37-38-42-44-48-52-56-60-64-68-81(86)94-74-79(100-83(88)70-66-62-58-54-50-46-41-36-32-28-24-20-16-12-8-4)76-98-102(91,92)96-72-77(84)71-95-101(89,90)97-75-78(99-82(87)69-65-61-57-53-49-45-40-35-31-27-23-19-15-11-7-3)73-93-80(85)67-63-59-55-51-47-43-39-34-30-26-22-18-14-10-6-2/h21-22,25-26,33-35,37,39-40,42,44,52,56,77-79,84H,5-20,23-24,27-32,36,38,41,43,45-51,53-55,57-76H2,1-4H3,(H,89,90)(H,91,92)/b25-21-,26-22-,37-33-,39-34-,40-35-,44-42-,56-52-/t77-,78-,79-/m1/s1. The molecule has 5 atom stereocenters. The van der Waals surface area contributed by atoms with Crippen molar-refractivity contribution in [3.05, 3.63) is 85.1 Å². The molecule has 19 heteroatoms. The maximum Gasteiger partial charge on any atom is 0.472 e. The summed E-state index contributed by atoms with van der Waals surface area (Å²) in [5.74, 6) is -2.24. The Balaban J connectivity index is 5.40. The molecule has 0 fully saturated rings. The zero-order chi connectivity index (χ0) is 74.6. The minimum absolute atomic E-state index is 0.0829. The molecule has 0 aromatic carbocycles. The van der Waals surface area contributed by atoms with Gasteiger partial charge in [0.05, 0.1) is 26.4 Å². The van der Waals surface area contributed by atoms with Gasteiger partial charge in [0.2, 0.25) is 0 Å². The van der Waals surface area contributed by atoms with Gasteiger partial charge < -0.3 is 33.8 Å². The average Bonchev–Trinajstić information content (AvgIpc) is 0.923. The number of hydrogen-bond acceptors (Lipinski definition) is 15. The van der Waals surface area contributed by atoms with Crippen LogP contribution in [0.4, 0.5) is 0 Å². The Morgan fingerprint density at radius 2 is 0.490 bits per heavy atom. The van der Waals surface area contributed by atoms with Crippen LogP contribution in [-0.4, -0.2) is 96.7 Å². The van der Waals surface area contributed by atoms with E-state index < -0.39 is 97.5 Å². The molecule has 0 saturated carbocycles. The van der Waals surface area contributed by atoms with Crippen molar-refractivity contribution in [1.29, 1.82) is 0 Å². The molecule has 0 aliphatic rings. The van der Waals surface area contributed by atoms with Crippen LogP contribution in [0.1, 0.15) is 362 Å². The Labute approximate surface area is 621 Å². The van der Waals surface area contributed by atoms with E-state index in [0.717, 1.165) is 135 Å². The number of phosphoric ester groups is 2. The number of aliphatic hydroxyl groups excluding tert-OH is 1. The van der Waals surface area contributed by atoms with Crippen molar-refractivity contribution >= 4 is 39.5 Å². The first-order valence-corrected chi connectivity index (χ1v) is 43.8. The lowest BCUT2D eigenvalue weighted by Gasteiger charge is -2.21. The van der Waals surface area contributed by atoms with Crippen LogP contribution in [0.3, 0.4) is 0 Å². The Morgan fingerprint density at radius 3 is 0.804 bits per heavy atom. The van der Waals surface area contributed by atoms with Gasteiger partial charge in [-0.1, -0.05) is 299 Å². The van der Waals surface area contributed by atoms with Crippen molar-refractivity contribution in [2.24, 2.45) is 0 Å². The molecule has 0 heterocycles. The van der Waals surface area contributed by atoms with Crippen LogP contribution in [0.2, 0.25) is 0 Å². The van der Waals surface area contributed by atoms with E-state index in [1.54, 1.807) is 0 Å². The minimum atomic E-state index is -4.99. The zero-order valence-corrected chi connectivity index (χ0v) is 66.6. The van der Waals surface area contributed by atoms with E-state index in [2.05, 4.69) is 101 Å². The maximum absolute atomic E-state index is 13.1. The third-order valence-corrected chi connectivity index (χ3v) is 19.2. The molecule has 0 aliphatic carbocycles. The number of hydrogen-bond donors (Lipinski definition) is 3. The number of allylic oxidation sites excluding steroid dienone is 14. The fourth-order valence-corrected chi connectivity index (χ4v) is 12.6. The summed E-state index contributed by atoms with van der Waals surface area (Å²) in [4.78, 5) is 73.0. The number of aliphatic hydroxyl groups is 1. The Kier molecular flexibility index (Phi) is 72.7. The number of carbonyl (C=O) groups is 4. The molecule has 2 unspecified atom stereocenters. The van der Waals surface area contributed by atoms with Crippen molar-refractivity contribution in [2.45, 2.75) is 380 Å². The van der Waals surface area contributed by atoms with E-state index in [-0.39, 0.29) is 25.7 Å². The van der Waals surface area contributed by atoms with Gasteiger partial charge in [-0.15, -0.1) is 0 Å². The lowest BCUT2D eigenvalue weighted by atomic mass is 10.0. The SMILES string of the molecule is CCCCC/C=C\C/C=C\C/C=C\C/C=C\CCCC(=O)OC[C@H](COP(=O)(O)OC[C@H](O)COP(=O)(O)OC[C@@H](COC(=O)CCCCCCC/C=C\C/C=C\CCCCC)OC(=O)CCCCCCC/C=C\CCCCCCCC)OC(=O)CCCCCCCCCCCCCCCCC. The molecule has 17 nitrogen and oxygen atoms in total. The second-order valence-electron chi connectivity index (χ2n) is 27.4. The quantitative estimate of drug-likeness (QED) is 0.0169. The minimum Gasteiger partial charge on any atom is -0.462 e. The number of carbonyl (C=O) groups excluding carboxylic acids is 4. The molecular weight excluding hydrogens is 1330 g/mol. The van der Waals surface area contributed by atoms with Gasteiger partial charge in [0.1, 0.15) is 19.3 Å². The predicted octanol–water partition coefficient (Wildman–Crippen LogP) is 23.8. The van der Waals surface area contributed by atoms with Crippen LogP contribution in [0.25, 0.3) is 0 Å². The molecule has 102 heavy (non-hydrogen) atoms. The van der Waals surface area contributed by atoms with Crippen molar-refractivity contribution in [3.63, 3.8) is 0 Å². The largest absolute Gasteiger partial charge is 0.472 e. The van der Waals surface area contributed by atoms with Gasteiger partial charge in [-0.25, -0.2) is 9.13 Å².